The highest BCUT2D eigenvalue weighted by atomic mass is 79.9. The molecule has 0 aliphatic carbocycles. The van der Waals surface area contributed by atoms with Gasteiger partial charge in [-0.2, -0.15) is 0 Å². The summed E-state index contributed by atoms with van der Waals surface area (Å²) in [6.45, 7) is 1.72. The van der Waals surface area contributed by atoms with E-state index in [0.29, 0.717) is 21.3 Å². The molecule has 0 amide bonds. The first-order valence-corrected chi connectivity index (χ1v) is 7.44. The third-order valence-corrected chi connectivity index (χ3v) is 4.01. The molecular weight excluding hydrogens is 366 g/mol. The van der Waals surface area contributed by atoms with Crippen LogP contribution in [-0.2, 0) is 4.74 Å². The molecule has 0 saturated carbocycles. The minimum Gasteiger partial charge on any atom is -0.503 e. The van der Waals surface area contributed by atoms with Crippen LogP contribution in [0.15, 0.2) is 27.5 Å². The summed E-state index contributed by atoms with van der Waals surface area (Å²) in [5.41, 5.74) is 1.23. The molecule has 2 heterocycles. The van der Waals surface area contributed by atoms with Gasteiger partial charge in [-0.25, -0.2) is 4.79 Å². The van der Waals surface area contributed by atoms with E-state index in [9.17, 15) is 14.7 Å². The topological polar surface area (TPSA) is 88.6 Å². The third-order valence-electron chi connectivity index (χ3n) is 3.41. The molecule has 1 aliphatic heterocycles. The van der Waals surface area contributed by atoms with Gasteiger partial charge in [0.25, 0.3) is 5.56 Å². The van der Waals surface area contributed by atoms with Crippen molar-refractivity contribution in [1.29, 1.82) is 0 Å². The Morgan fingerprint density at radius 3 is 2.74 bits per heavy atom. The first kappa shape index (κ1) is 15.4. The van der Waals surface area contributed by atoms with Gasteiger partial charge in [-0.05, 0) is 52.7 Å². The summed E-state index contributed by atoms with van der Waals surface area (Å²) in [7, 11) is 1.44. The number of ether oxygens (including phenoxy) is 2. The van der Waals surface area contributed by atoms with Crippen LogP contribution >= 0.6 is 15.9 Å². The van der Waals surface area contributed by atoms with Crippen molar-refractivity contribution in [2.24, 2.45) is 0 Å². The Labute approximate surface area is 139 Å². The molecule has 2 aromatic rings. The van der Waals surface area contributed by atoms with E-state index < -0.39 is 11.5 Å². The van der Waals surface area contributed by atoms with Crippen molar-refractivity contribution in [3.05, 3.63) is 55.4 Å². The molecule has 0 saturated heterocycles. The predicted octanol–water partition coefficient (Wildman–Crippen LogP) is 2.83. The number of pyridine rings is 1. The van der Waals surface area contributed by atoms with Gasteiger partial charge < -0.3 is 19.6 Å². The highest BCUT2D eigenvalue weighted by molar-refractivity contribution is 9.10. The third kappa shape index (κ3) is 2.63. The Balaban J connectivity index is 2.16. The van der Waals surface area contributed by atoms with Crippen LogP contribution in [0.25, 0.3) is 11.8 Å². The summed E-state index contributed by atoms with van der Waals surface area (Å²) in [5.74, 6) is -0.153. The second-order valence-corrected chi connectivity index (χ2v) is 5.88. The molecule has 1 aromatic carbocycles. The van der Waals surface area contributed by atoms with Crippen LogP contribution in [0.1, 0.15) is 27.2 Å². The molecule has 1 aliphatic rings. The molecule has 118 valence electrons. The largest absolute Gasteiger partial charge is 0.503 e. The van der Waals surface area contributed by atoms with Crippen LogP contribution in [0, 0.1) is 6.92 Å². The van der Waals surface area contributed by atoms with Gasteiger partial charge in [0, 0.05) is 11.3 Å². The first-order chi connectivity index (χ1) is 10.9. The molecule has 0 bridgehead atoms. The number of cyclic esters (lactones) is 1. The van der Waals surface area contributed by atoms with Crippen molar-refractivity contribution < 1.29 is 19.4 Å². The Hall–Kier alpha value is -2.54. The van der Waals surface area contributed by atoms with E-state index in [4.69, 9.17) is 9.47 Å². The molecule has 2 N–H and O–H groups in total. The average Bonchev–Trinajstić information content (AvgIpc) is 2.78. The van der Waals surface area contributed by atoms with Gasteiger partial charge in [0.15, 0.2) is 11.5 Å². The number of aryl methyl sites for hydroxylation is 1. The monoisotopic (exact) mass is 377 g/mol. The number of H-pyrrole nitrogens is 1. The Kier molecular flexibility index (Phi) is 3.73. The highest BCUT2D eigenvalue weighted by Crippen LogP contribution is 2.37. The lowest BCUT2D eigenvalue weighted by molar-refractivity contribution is 0.0715. The number of methoxy groups -OCH3 is 1. The number of phenols is 1. The van der Waals surface area contributed by atoms with Gasteiger partial charge in [0.2, 0.25) is 0 Å². The number of aromatic amines is 1. The van der Waals surface area contributed by atoms with E-state index in [-0.39, 0.29) is 22.8 Å². The molecule has 23 heavy (non-hydrogen) atoms. The van der Waals surface area contributed by atoms with Crippen LogP contribution in [-0.4, -0.2) is 23.2 Å². The van der Waals surface area contributed by atoms with Gasteiger partial charge in [0.05, 0.1) is 11.6 Å². The van der Waals surface area contributed by atoms with Crippen molar-refractivity contribution in [2.75, 3.05) is 7.11 Å². The van der Waals surface area contributed by atoms with Crippen LogP contribution in [0.5, 0.6) is 11.5 Å². The molecule has 3 rings (SSSR count). The number of aromatic nitrogens is 1. The number of phenolic OH excluding ortho intramolecular Hbond substituents is 1. The fourth-order valence-corrected chi connectivity index (χ4v) is 2.84. The molecule has 1 aromatic heterocycles. The average molecular weight is 378 g/mol. The lowest BCUT2D eigenvalue weighted by atomic mass is 10.1. The molecule has 0 spiro atoms. The van der Waals surface area contributed by atoms with E-state index in [1.54, 1.807) is 31.2 Å². The lowest BCUT2D eigenvalue weighted by Gasteiger charge is -2.07. The minimum absolute atomic E-state index is 0.00772. The van der Waals surface area contributed by atoms with Crippen LogP contribution in [0.3, 0.4) is 0 Å². The fourth-order valence-electron chi connectivity index (χ4n) is 2.38. The number of esters is 1. The van der Waals surface area contributed by atoms with Gasteiger partial charge in [-0.3, -0.25) is 4.79 Å². The maximum Gasteiger partial charge on any atom is 0.349 e. The number of hydrogen-bond donors (Lipinski definition) is 2. The summed E-state index contributed by atoms with van der Waals surface area (Å²) in [6.07, 6.45) is 1.61. The molecule has 7 heteroatoms. The number of halogens is 1. The maximum atomic E-state index is 11.9. The second kappa shape index (κ2) is 5.58. The van der Waals surface area contributed by atoms with Crippen molar-refractivity contribution in [3.63, 3.8) is 0 Å². The fraction of sp³-hybridized carbons (Fsp3) is 0.125. The molecule has 0 fully saturated rings. The van der Waals surface area contributed by atoms with Crippen molar-refractivity contribution in [1.82, 2.24) is 4.98 Å². The number of benzene rings is 1. The highest BCUT2D eigenvalue weighted by Gasteiger charge is 2.30. The number of fused-ring (bicyclic) bond motifs is 1. The quantitative estimate of drug-likeness (QED) is 0.785. The number of nitrogens with one attached hydrogen (secondary N) is 1. The predicted molar refractivity (Wildman–Crippen MR) is 87.4 cm³/mol. The number of aromatic hydroxyl groups is 1. The molecule has 6 nitrogen and oxygen atoms in total. The minimum atomic E-state index is -0.683. The van der Waals surface area contributed by atoms with Gasteiger partial charge >= 0.3 is 5.97 Å². The Morgan fingerprint density at radius 2 is 2.04 bits per heavy atom. The SMILES string of the molecule is COc1cc(C=C2OC(=O)c3c2cc(C)[nH]c3=O)cc(Br)c1O. The summed E-state index contributed by atoms with van der Waals surface area (Å²) in [4.78, 5) is 26.4. The van der Waals surface area contributed by atoms with Crippen molar-refractivity contribution in [3.8, 4) is 11.5 Å². The lowest BCUT2D eigenvalue weighted by Crippen LogP contribution is -2.16. The van der Waals surface area contributed by atoms with Gasteiger partial charge in [0.1, 0.15) is 11.3 Å². The number of carbonyl (C=O) groups is 1. The number of carbonyl (C=O) groups excluding carboxylic acids is 1. The second-order valence-electron chi connectivity index (χ2n) is 5.02. The Morgan fingerprint density at radius 1 is 1.30 bits per heavy atom. The van der Waals surface area contributed by atoms with E-state index in [2.05, 4.69) is 20.9 Å². The smallest absolute Gasteiger partial charge is 0.349 e. The zero-order valence-corrected chi connectivity index (χ0v) is 13.9. The number of rotatable bonds is 2. The van der Waals surface area contributed by atoms with Crippen molar-refractivity contribution >= 4 is 33.7 Å². The normalized spacial score (nSPS) is 14.7. The van der Waals surface area contributed by atoms with E-state index in [1.807, 2.05) is 0 Å². The molecule has 0 atom stereocenters. The summed E-state index contributed by atoms with van der Waals surface area (Å²) in [6, 6.07) is 4.93. The van der Waals surface area contributed by atoms with Gasteiger partial charge in [-0.15, -0.1) is 0 Å². The number of hydrogen-bond acceptors (Lipinski definition) is 5. The van der Waals surface area contributed by atoms with Crippen LogP contribution < -0.4 is 10.3 Å². The van der Waals surface area contributed by atoms with Crippen LogP contribution in [0.2, 0.25) is 0 Å². The standard InChI is InChI=1S/C16H12BrNO5/c1-7-3-9-11(23-16(21)13(9)15(20)18-7)5-8-4-10(17)14(19)12(6-8)22-2/h3-6,19H,1-2H3,(H,18,20). The maximum absolute atomic E-state index is 11.9. The van der Waals surface area contributed by atoms with Crippen molar-refractivity contribution in [2.45, 2.75) is 6.92 Å². The zero-order valence-electron chi connectivity index (χ0n) is 12.3. The van der Waals surface area contributed by atoms with Gasteiger partial charge in [-0.1, -0.05) is 0 Å². The zero-order chi connectivity index (χ0) is 16.7. The van der Waals surface area contributed by atoms with E-state index in [0.717, 1.165) is 0 Å². The van der Waals surface area contributed by atoms with Crippen LogP contribution in [0.4, 0.5) is 0 Å². The molecule has 0 unspecified atom stereocenters. The van der Waals surface area contributed by atoms with E-state index >= 15 is 0 Å². The molecular formula is C16H12BrNO5. The molecule has 0 radical (unpaired) electrons. The Bertz CT molecular complexity index is 913. The summed E-state index contributed by atoms with van der Waals surface area (Å²) in [5, 5.41) is 9.83. The summed E-state index contributed by atoms with van der Waals surface area (Å²) >= 11 is 3.23. The summed E-state index contributed by atoms with van der Waals surface area (Å²) < 4.78 is 10.7. The van der Waals surface area contributed by atoms with E-state index in [1.165, 1.54) is 7.11 Å². The first-order valence-electron chi connectivity index (χ1n) is 6.65.